The van der Waals surface area contributed by atoms with E-state index in [1.54, 1.807) is 16.6 Å². The van der Waals surface area contributed by atoms with Gasteiger partial charge in [-0.05, 0) is 6.42 Å². The van der Waals surface area contributed by atoms with E-state index < -0.39 is 0 Å². The first-order valence-corrected chi connectivity index (χ1v) is 6.48. The molecule has 1 aromatic heterocycles. The summed E-state index contributed by atoms with van der Waals surface area (Å²) in [7, 11) is 0. The van der Waals surface area contributed by atoms with Crippen LogP contribution < -0.4 is 0 Å². The van der Waals surface area contributed by atoms with Crippen molar-refractivity contribution in [3.8, 4) is 0 Å². The molecule has 2 saturated heterocycles. The van der Waals surface area contributed by atoms with Crippen molar-refractivity contribution < 1.29 is 9.59 Å². The quantitative estimate of drug-likeness (QED) is 0.717. The topological polar surface area (TPSA) is 53.5 Å². The number of aromatic nitrogens is 1. The van der Waals surface area contributed by atoms with Crippen molar-refractivity contribution in [2.75, 3.05) is 26.2 Å². The molecule has 0 N–H and O–H groups in total. The standard InChI is InChI=1S/C11H13N3O2S/c15-8-13-4-11(5-13)1-2-14(6-11)10(16)9-3-12-7-17-9/h3,7-8H,1-2,4-6H2. The van der Waals surface area contributed by atoms with Gasteiger partial charge in [0.25, 0.3) is 5.91 Å². The molecule has 3 rings (SSSR count). The number of hydrogen-bond donors (Lipinski definition) is 0. The Hall–Kier alpha value is -1.43. The highest BCUT2D eigenvalue weighted by Gasteiger charge is 2.48. The zero-order chi connectivity index (χ0) is 11.9. The molecule has 2 aliphatic rings. The van der Waals surface area contributed by atoms with Crippen LogP contribution in [0.15, 0.2) is 11.7 Å². The average molecular weight is 251 g/mol. The molecule has 0 bridgehead atoms. The van der Waals surface area contributed by atoms with E-state index in [2.05, 4.69) is 4.98 Å². The minimum absolute atomic E-state index is 0.0777. The Morgan fingerprint density at radius 2 is 2.29 bits per heavy atom. The number of carbonyl (C=O) groups is 2. The molecule has 0 unspecified atom stereocenters. The number of rotatable bonds is 2. The van der Waals surface area contributed by atoms with Crippen LogP contribution in [0.2, 0.25) is 0 Å². The number of thiazole rings is 1. The maximum atomic E-state index is 12.1. The Kier molecular flexibility index (Phi) is 2.39. The highest BCUT2D eigenvalue weighted by atomic mass is 32.1. The van der Waals surface area contributed by atoms with E-state index in [0.717, 1.165) is 39.0 Å². The van der Waals surface area contributed by atoms with Gasteiger partial charge in [0.2, 0.25) is 6.41 Å². The van der Waals surface area contributed by atoms with E-state index in [1.165, 1.54) is 11.3 Å². The van der Waals surface area contributed by atoms with Crippen LogP contribution in [0.25, 0.3) is 0 Å². The van der Waals surface area contributed by atoms with Crippen molar-refractivity contribution in [2.24, 2.45) is 5.41 Å². The van der Waals surface area contributed by atoms with Crippen molar-refractivity contribution in [2.45, 2.75) is 6.42 Å². The second-order valence-corrected chi connectivity index (χ2v) is 5.74. The van der Waals surface area contributed by atoms with Gasteiger partial charge >= 0.3 is 0 Å². The van der Waals surface area contributed by atoms with E-state index in [-0.39, 0.29) is 11.3 Å². The Labute approximate surface area is 103 Å². The summed E-state index contributed by atoms with van der Waals surface area (Å²) in [5, 5.41) is 0. The Bertz CT molecular complexity index is 440. The molecule has 3 heterocycles. The highest BCUT2D eigenvalue weighted by molar-refractivity contribution is 7.11. The van der Waals surface area contributed by atoms with Crippen molar-refractivity contribution in [3.05, 3.63) is 16.6 Å². The fraction of sp³-hybridized carbons (Fsp3) is 0.545. The van der Waals surface area contributed by atoms with Gasteiger partial charge in [0.05, 0.1) is 11.7 Å². The summed E-state index contributed by atoms with van der Waals surface area (Å²) in [6.07, 6.45) is 3.51. The van der Waals surface area contributed by atoms with Crippen LogP contribution >= 0.6 is 11.3 Å². The van der Waals surface area contributed by atoms with Gasteiger partial charge in [0.15, 0.2) is 0 Å². The van der Waals surface area contributed by atoms with Gasteiger partial charge in [-0.2, -0.15) is 0 Å². The van der Waals surface area contributed by atoms with Crippen molar-refractivity contribution in [1.82, 2.24) is 14.8 Å². The van der Waals surface area contributed by atoms with Crippen molar-refractivity contribution >= 4 is 23.7 Å². The molecule has 0 saturated carbocycles. The molecule has 2 fully saturated rings. The van der Waals surface area contributed by atoms with Crippen LogP contribution in [0.3, 0.4) is 0 Å². The number of hydrogen-bond acceptors (Lipinski definition) is 4. The zero-order valence-corrected chi connectivity index (χ0v) is 10.2. The molecule has 0 radical (unpaired) electrons. The predicted octanol–water partition coefficient (Wildman–Crippen LogP) is 0.447. The molecule has 1 aromatic rings. The van der Waals surface area contributed by atoms with Crippen molar-refractivity contribution in [3.63, 3.8) is 0 Å². The van der Waals surface area contributed by atoms with E-state index in [4.69, 9.17) is 0 Å². The summed E-state index contributed by atoms with van der Waals surface area (Å²) in [4.78, 5) is 30.9. The third kappa shape index (κ3) is 1.72. The second-order valence-electron chi connectivity index (χ2n) is 4.85. The lowest BCUT2D eigenvalue weighted by molar-refractivity contribution is -0.128. The van der Waals surface area contributed by atoms with Gasteiger partial charge in [0, 0.05) is 31.6 Å². The van der Waals surface area contributed by atoms with Crippen LogP contribution in [0.5, 0.6) is 0 Å². The molecule has 5 nitrogen and oxygen atoms in total. The van der Waals surface area contributed by atoms with Crippen LogP contribution in [0.4, 0.5) is 0 Å². The highest BCUT2D eigenvalue weighted by Crippen LogP contribution is 2.39. The largest absolute Gasteiger partial charge is 0.344 e. The molecule has 2 aliphatic heterocycles. The minimum atomic E-state index is 0.0777. The molecule has 1 spiro atoms. The molecule has 17 heavy (non-hydrogen) atoms. The van der Waals surface area contributed by atoms with Crippen LogP contribution in [0.1, 0.15) is 16.1 Å². The minimum Gasteiger partial charge on any atom is -0.344 e. The zero-order valence-electron chi connectivity index (χ0n) is 9.33. The first-order chi connectivity index (χ1) is 8.22. The number of amides is 2. The average Bonchev–Trinajstić information content (AvgIpc) is 2.95. The molecular formula is C11H13N3O2S. The maximum absolute atomic E-state index is 12.1. The number of nitrogens with zero attached hydrogens (tertiary/aromatic N) is 3. The van der Waals surface area contributed by atoms with Gasteiger partial charge in [-0.1, -0.05) is 0 Å². The normalized spacial score (nSPS) is 21.6. The Morgan fingerprint density at radius 3 is 2.94 bits per heavy atom. The van der Waals surface area contributed by atoms with E-state index in [9.17, 15) is 9.59 Å². The fourth-order valence-corrected chi connectivity index (χ4v) is 3.32. The SMILES string of the molecule is O=CN1CC2(CCN(C(=O)c3cncs3)C2)C1. The van der Waals surface area contributed by atoms with Gasteiger partial charge in [-0.25, -0.2) is 0 Å². The third-order valence-corrected chi connectivity index (χ3v) is 4.36. The Morgan fingerprint density at radius 1 is 1.47 bits per heavy atom. The summed E-state index contributed by atoms with van der Waals surface area (Å²) in [6, 6.07) is 0. The maximum Gasteiger partial charge on any atom is 0.265 e. The number of likely N-dealkylation sites (tertiary alicyclic amines) is 2. The van der Waals surface area contributed by atoms with E-state index in [1.807, 2.05) is 4.90 Å². The third-order valence-electron chi connectivity index (χ3n) is 3.59. The summed E-state index contributed by atoms with van der Waals surface area (Å²) >= 11 is 1.38. The smallest absolute Gasteiger partial charge is 0.265 e. The molecule has 2 amide bonds. The Balaban J connectivity index is 1.65. The monoisotopic (exact) mass is 251 g/mol. The van der Waals surface area contributed by atoms with Crippen LogP contribution in [0, 0.1) is 5.41 Å². The van der Waals surface area contributed by atoms with E-state index in [0.29, 0.717) is 4.88 Å². The lowest BCUT2D eigenvalue weighted by Crippen LogP contribution is -2.56. The molecule has 0 aliphatic carbocycles. The summed E-state index contributed by atoms with van der Waals surface area (Å²) < 4.78 is 0. The fourth-order valence-electron chi connectivity index (χ4n) is 2.73. The molecule has 0 atom stereocenters. The first-order valence-electron chi connectivity index (χ1n) is 5.60. The molecular weight excluding hydrogens is 238 g/mol. The predicted molar refractivity (Wildman–Crippen MR) is 62.7 cm³/mol. The van der Waals surface area contributed by atoms with Gasteiger partial charge in [0.1, 0.15) is 4.88 Å². The molecule has 0 aromatic carbocycles. The molecule has 6 heteroatoms. The van der Waals surface area contributed by atoms with Crippen LogP contribution in [-0.2, 0) is 4.79 Å². The summed E-state index contributed by atoms with van der Waals surface area (Å²) in [6.45, 7) is 3.16. The summed E-state index contributed by atoms with van der Waals surface area (Å²) in [5.74, 6) is 0.0777. The second kappa shape index (κ2) is 3.80. The van der Waals surface area contributed by atoms with E-state index >= 15 is 0 Å². The summed E-state index contributed by atoms with van der Waals surface area (Å²) in [5.41, 5.74) is 1.85. The van der Waals surface area contributed by atoms with Crippen molar-refractivity contribution in [1.29, 1.82) is 0 Å². The lowest BCUT2D eigenvalue weighted by Gasteiger charge is -2.45. The van der Waals surface area contributed by atoms with Crippen LogP contribution in [-0.4, -0.2) is 53.3 Å². The van der Waals surface area contributed by atoms with Gasteiger partial charge < -0.3 is 9.80 Å². The molecule has 90 valence electrons. The first kappa shape index (κ1) is 10.7. The van der Waals surface area contributed by atoms with Gasteiger partial charge in [-0.15, -0.1) is 11.3 Å². The number of carbonyl (C=O) groups excluding carboxylic acids is 2. The van der Waals surface area contributed by atoms with Gasteiger partial charge in [-0.3, -0.25) is 14.6 Å². The lowest BCUT2D eigenvalue weighted by atomic mass is 9.79.